The topological polar surface area (TPSA) is 49.3 Å². The maximum absolute atomic E-state index is 11.6. The molecule has 94 valence electrons. The summed E-state index contributed by atoms with van der Waals surface area (Å²) in [6.07, 6.45) is 0. The molecule has 0 bridgehead atoms. The molecule has 5 heteroatoms. The van der Waals surface area contributed by atoms with Gasteiger partial charge in [0.1, 0.15) is 0 Å². The van der Waals surface area contributed by atoms with Crippen LogP contribution in [0, 0.1) is 6.92 Å². The Kier molecular flexibility index (Phi) is 5.82. The van der Waals surface area contributed by atoms with Crippen LogP contribution in [0.2, 0.25) is 5.02 Å². The van der Waals surface area contributed by atoms with Crippen LogP contribution in [0.15, 0.2) is 18.2 Å². The van der Waals surface area contributed by atoms with E-state index in [0.717, 1.165) is 11.3 Å². The van der Waals surface area contributed by atoms with E-state index in [0.29, 0.717) is 10.8 Å². The highest BCUT2D eigenvalue weighted by atomic mass is 35.5. The Labute approximate surface area is 111 Å². The highest BCUT2D eigenvalue weighted by molar-refractivity contribution is 8.00. The monoisotopic (exact) mass is 273 g/mol. The Morgan fingerprint density at radius 2 is 2.29 bits per heavy atom. The molecule has 0 radical (unpaired) electrons. The van der Waals surface area contributed by atoms with Gasteiger partial charge in [-0.2, -0.15) is 0 Å². The van der Waals surface area contributed by atoms with E-state index in [-0.39, 0.29) is 17.8 Å². The Bertz CT molecular complexity index is 398. The van der Waals surface area contributed by atoms with Crippen molar-refractivity contribution in [3.63, 3.8) is 0 Å². The van der Waals surface area contributed by atoms with Gasteiger partial charge in [0, 0.05) is 16.0 Å². The summed E-state index contributed by atoms with van der Waals surface area (Å²) < 4.78 is 0. The van der Waals surface area contributed by atoms with Gasteiger partial charge < -0.3 is 10.4 Å². The normalized spacial score (nSPS) is 12.2. The predicted molar refractivity (Wildman–Crippen MR) is 73.8 cm³/mol. The maximum Gasteiger partial charge on any atom is 0.234 e. The number of hydrogen-bond donors (Lipinski definition) is 2. The zero-order valence-corrected chi connectivity index (χ0v) is 11.4. The number of thioether (sulfide) groups is 1. The van der Waals surface area contributed by atoms with Gasteiger partial charge in [0.25, 0.3) is 0 Å². The molecule has 2 N–H and O–H groups in total. The van der Waals surface area contributed by atoms with Crippen LogP contribution in [0.5, 0.6) is 0 Å². The second kappa shape index (κ2) is 6.89. The Morgan fingerprint density at radius 1 is 1.59 bits per heavy atom. The molecule has 1 amide bonds. The minimum absolute atomic E-state index is 0.0706. The van der Waals surface area contributed by atoms with Crippen LogP contribution in [-0.4, -0.2) is 28.6 Å². The van der Waals surface area contributed by atoms with E-state index in [9.17, 15) is 4.79 Å². The van der Waals surface area contributed by atoms with Gasteiger partial charge >= 0.3 is 0 Å². The smallest absolute Gasteiger partial charge is 0.234 e. The number of nitrogens with one attached hydrogen (secondary N) is 1. The van der Waals surface area contributed by atoms with Crippen LogP contribution >= 0.6 is 23.4 Å². The minimum Gasteiger partial charge on any atom is -0.395 e. The molecule has 0 aliphatic carbocycles. The fraction of sp³-hybridized carbons (Fsp3) is 0.417. The van der Waals surface area contributed by atoms with Gasteiger partial charge in [-0.05, 0) is 24.6 Å². The second-order valence-corrected chi connectivity index (χ2v) is 5.67. The molecule has 1 atom stereocenters. The standard InChI is InChI=1S/C12H16ClNO2S/c1-8-3-4-10(13)5-11(8)14-12(16)7-17-9(2)6-15/h3-5,9,15H,6-7H2,1-2H3,(H,14,16). The molecule has 0 saturated heterocycles. The first-order chi connectivity index (χ1) is 8.02. The van der Waals surface area contributed by atoms with Crippen LogP contribution < -0.4 is 5.32 Å². The van der Waals surface area contributed by atoms with Crippen LogP contribution in [0.25, 0.3) is 0 Å². The average molecular weight is 274 g/mol. The number of hydrogen-bond acceptors (Lipinski definition) is 3. The van der Waals surface area contributed by atoms with E-state index in [1.54, 1.807) is 12.1 Å². The van der Waals surface area contributed by atoms with Crippen molar-refractivity contribution in [3.8, 4) is 0 Å². The molecule has 0 aliphatic heterocycles. The molecule has 3 nitrogen and oxygen atoms in total. The van der Waals surface area contributed by atoms with Crippen LogP contribution in [0.1, 0.15) is 12.5 Å². The summed E-state index contributed by atoms with van der Waals surface area (Å²) in [6, 6.07) is 5.38. The molecule has 1 aromatic rings. The summed E-state index contributed by atoms with van der Waals surface area (Å²) in [5.74, 6) is 0.244. The number of aryl methyl sites for hydroxylation is 1. The van der Waals surface area contributed by atoms with Gasteiger partial charge in [-0.15, -0.1) is 11.8 Å². The summed E-state index contributed by atoms with van der Waals surface area (Å²) in [7, 11) is 0. The van der Waals surface area contributed by atoms with Gasteiger partial charge in [0.2, 0.25) is 5.91 Å². The molecule has 0 aromatic heterocycles. The van der Waals surface area contributed by atoms with Crippen molar-refractivity contribution < 1.29 is 9.90 Å². The first kappa shape index (κ1) is 14.4. The fourth-order valence-electron chi connectivity index (χ4n) is 1.19. The van der Waals surface area contributed by atoms with E-state index in [4.69, 9.17) is 16.7 Å². The third-order valence-electron chi connectivity index (χ3n) is 2.23. The minimum atomic E-state index is -0.0827. The number of halogens is 1. The number of aliphatic hydroxyl groups excluding tert-OH is 1. The van der Waals surface area contributed by atoms with Crippen LogP contribution in [0.4, 0.5) is 5.69 Å². The van der Waals surface area contributed by atoms with Crippen molar-refractivity contribution in [2.45, 2.75) is 19.1 Å². The van der Waals surface area contributed by atoms with Crippen molar-refractivity contribution in [1.29, 1.82) is 0 Å². The van der Waals surface area contributed by atoms with Crippen molar-refractivity contribution in [3.05, 3.63) is 28.8 Å². The lowest BCUT2D eigenvalue weighted by Gasteiger charge is -2.10. The number of anilines is 1. The maximum atomic E-state index is 11.6. The number of carbonyl (C=O) groups is 1. The Morgan fingerprint density at radius 3 is 2.94 bits per heavy atom. The lowest BCUT2D eigenvalue weighted by Crippen LogP contribution is -2.17. The number of benzene rings is 1. The van der Waals surface area contributed by atoms with Gasteiger partial charge in [-0.1, -0.05) is 24.6 Å². The average Bonchev–Trinajstić information content (AvgIpc) is 2.30. The largest absolute Gasteiger partial charge is 0.395 e. The van der Waals surface area contributed by atoms with E-state index in [1.807, 2.05) is 19.9 Å². The Hall–Kier alpha value is -0.710. The van der Waals surface area contributed by atoms with E-state index in [1.165, 1.54) is 11.8 Å². The molecule has 1 unspecified atom stereocenters. The van der Waals surface area contributed by atoms with E-state index >= 15 is 0 Å². The molecule has 17 heavy (non-hydrogen) atoms. The SMILES string of the molecule is Cc1ccc(Cl)cc1NC(=O)CSC(C)CO. The summed E-state index contributed by atoms with van der Waals surface area (Å²) in [6.45, 7) is 3.87. The Balaban J connectivity index is 2.53. The molecule has 0 aliphatic rings. The van der Waals surface area contributed by atoms with Crippen LogP contribution in [0.3, 0.4) is 0 Å². The zero-order valence-electron chi connectivity index (χ0n) is 9.87. The van der Waals surface area contributed by atoms with Gasteiger partial charge in [-0.25, -0.2) is 0 Å². The number of aliphatic hydroxyl groups is 1. The first-order valence-electron chi connectivity index (χ1n) is 5.31. The number of rotatable bonds is 5. The van der Waals surface area contributed by atoms with Crippen LogP contribution in [-0.2, 0) is 4.79 Å². The molecule has 1 aromatic carbocycles. The molecule has 0 spiro atoms. The second-order valence-electron chi connectivity index (χ2n) is 3.81. The van der Waals surface area contributed by atoms with Crippen molar-refractivity contribution in [2.75, 3.05) is 17.7 Å². The fourth-order valence-corrected chi connectivity index (χ4v) is 1.97. The molecule has 0 heterocycles. The summed E-state index contributed by atoms with van der Waals surface area (Å²) in [4.78, 5) is 11.6. The molecular weight excluding hydrogens is 258 g/mol. The molecule has 1 rings (SSSR count). The van der Waals surface area contributed by atoms with Gasteiger partial charge in [-0.3, -0.25) is 4.79 Å². The predicted octanol–water partition coefficient (Wildman–Crippen LogP) is 2.70. The van der Waals surface area contributed by atoms with E-state index in [2.05, 4.69) is 5.32 Å². The molecule has 0 fully saturated rings. The summed E-state index contributed by atoms with van der Waals surface area (Å²) in [5, 5.41) is 12.3. The first-order valence-corrected chi connectivity index (χ1v) is 6.74. The number of amides is 1. The van der Waals surface area contributed by atoms with Gasteiger partial charge in [0.05, 0.1) is 12.4 Å². The molecular formula is C12H16ClNO2S. The van der Waals surface area contributed by atoms with Crippen molar-refractivity contribution in [1.82, 2.24) is 0 Å². The lowest BCUT2D eigenvalue weighted by molar-refractivity contribution is -0.113. The highest BCUT2D eigenvalue weighted by Crippen LogP contribution is 2.20. The summed E-state index contributed by atoms with van der Waals surface area (Å²) >= 11 is 7.28. The number of carbonyl (C=O) groups excluding carboxylic acids is 1. The quantitative estimate of drug-likeness (QED) is 0.867. The summed E-state index contributed by atoms with van der Waals surface area (Å²) in [5.41, 5.74) is 1.71. The zero-order chi connectivity index (χ0) is 12.8. The van der Waals surface area contributed by atoms with Gasteiger partial charge in [0.15, 0.2) is 0 Å². The van der Waals surface area contributed by atoms with Crippen molar-refractivity contribution >= 4 is 35.0 Å². The highest BCUT2D eigenvalue weighted by Gasteiger charge is 2.08. The van der Waals surface area contributed by atoms with Crippen molar-refractivity contribution in [2.24, 2.45) is 0 Å². The third-order valence-corrected chi connectivity index (χ3v) is 3.61. The third kappa shape index (κ3) is 4.98. The molecule has 0 saturated carbocycles. The van der Waals surface area contributed by atoms with E-state index < -0.39 is 0 Å². The lowest BCUT2D eigenvalue weighted by atomic mass is 10.2.